The molecule has 1 aromatic heterocycles. The van der Waals surface area contributed by atoms with Gasteiger partial charge in [-0.25, -0.2) is 9.37 Å². The van der Waals surface area contributed by atoms with E-state index < -0.39 is 17.3 Å². The Morgan fingerprint density at radius 2 is 1.89 bits per heavy atom. The van der Waals surface area contributed by atoms with Crippen LogP contribution in [0.15, 0.2) is 66.7 Å². The number of anilines is 1. The highest BCUT2D eigenvalue weighted by Crippen LogP contribution is 2.43. The Labute approximate surface area is 204 Å². The predicted octanol–water partition coefficient (Wildman–Crippen LogP) is 4.68. The highest BCUT2D eigenvalue weighted by Gasteiger charge is 2.49. The molecule has 180 valence electrons. The van der Waals surface area contributed by atoms with Crippen molar-refractivity contribution in [1.82, 2.24) is 14.9 Å². The molecule has 0 saturated carbocycles. The number of H-pyrrole nitrogens is 1. The number of nitrogens with one attached hydrogen (secondary N) is 2. The molecule has 35 heavy (non-hydrogen) atoms. The largest absolute Gasteiger partial charge is 0.341 e. The van der Waals surface area contributed by atoms with E-state index in [1.165, 1.54) is 17.2 Å². The van der Waals surface area contributed by atoms with Crippen LogP contribution in [0, 0.1) is 5.82 Å². The summed E-state index contributed by atoms with van der Waals surface area (Å²) in [5, 5.41) is 2.81. The molecule has 7 heteroatoms. The van der Waals surface area contributed by atoms with Crippen LogP contribution in [0.2, 0.25) is 0 Å². The number of aromatic amines is 1. The van der Waals surface area contributed by atoms with Crippen molar-refractivity contribution < 1.29 is 9.18 Å². The second-order valence-corrected chi connectivity index (χ2v) is 9.60. The van der Waals surface area contributed by atoms with Gasteiger partial charge in [-0.15, -0.1) is 0 Å². The molecule has 1 aliphatic heterocycles. The van der Waals surface area contributed by atoms with Crippen molar-refractivity contribution in [1.29, 1.82) is 0 Å². The molecule has 0 bridgehead atoms. The number of aromatic nitrogens is 2. The number of nitrogens with two attached hydrogens (primary N) is 1. The number of rotatable bonds is 7. The summed E-state index contributed by atoms with van der Waals surface area (Å²) < 4.78 is 14.6. The molecule has 2 atom stereocenters. The molecule has 0 fully saturated rings. The summed E-state index contributed by atoms with van der Waals surface area (Å²) in [7, 11) is 2.14. The van der Waals surface area contributed by atoms with Crippen molar-refractivity contribution >= 4 is 22.6 Å². The van der Waals surface area contributed by atoms with Crippen LogP contribution in [0.5, 0.6) is 0 Å². The average Bonchev–Trinajstić information content (AvgIpc) is 3.27. The lowest BCUT2D eigenvalue weighted by Crippen LogP contribution is -2.50. The van der Waals surface area contributed by atoms with Crippen molar-refractivity contribution in [3.8, 4) is 0 Å². The molecular weight excluding hydrogens is 441 g/mol. The molecule has 6 nitrogen and oxygen atoms in total. The smallest absolute Gasteiger partial charge is 0.239 e. The number of carbonyl (C=O) groups is 1. The summed E-state index contributed by atoms with van der Waals surface area (Å²) in [6.07, 6.45) is 1.95. The topological polar surface area (TPSA) is 87.0 Å². The maximum Gasteiger partial charge on any atom is 0.239 e. The molecule has 0 spiro atoms. The number of halogens is 1. The van der Waals surface area contributed by atoms with Crippen molar-refractivity contribution in [2.45, 2.75) is 37.8 Å². The van der Waals surface area contributed by atoms with Gasteiger partial charge in [0, 0.05) is 17.8 Å². The first-order valence-corrected chi connectivity index (χ1v) is 11.9. The summed E-state index contributed by atoms with van der Waals surface area (Å²) in [6.45, 7) is 3.62. The van der Waals surface area contributed by atoms with E-state index in [0.29, 0.717) is 17.1 Å². The minimum atomic E-state index is -1.23. The zero-order valence-electron chi connectivity index (χ0n) is 20.0. The normalized spacial score (nSPS) is 19.7. The van der Waals surface area contributed by atoms with Crippen LogP contribution in [0.25, 0.3) is 11.0 Å². The molecule has 2 unspecified atom stereocenters. The molecule has 0 saturated heterocycles. The van der Waals surface area contributed by atoms with Crippen molar-refractivity contribution in [3.05, 3.63) is 95.1 Å². The van der Waals surface area contributed by atoms with Gasteiger partial charge >= 0.3 is 0 Å². The van der Waals surface area contributed by atoms with Crippen LogP contribution in [0.3, 0.4) is 0 Å². The second-order valence-electron chi connectivity index (χ2n) is 9.60. The molecule has 3 aromatic carbocycles. The Morgan fingerprint density at radius 3 is 2.69 bits per heavy atom. The number of hydrogen-bond donors (Lipinski definition) is 3. The lowest BCUT2D eigenvalue weighted by molar-refractivity contribution is -0.122. The third-order valence-corrected chi connectivity index (χ3v) is 7.04. The zero-order valence-corrected chi connectivity index (χ0v) is 20.0. The van der Waals surface area contributed by atoms with Gasteiger partial charge in [-0.2, -0.15) is 0 Å². The summed E-state index contributed by atoms with van der Waals surface area (Å²) in [5.41, 5.74) is 10.1. The fraction of sp³-hybridized carbons (Fsp3) is 0.286. The molecule has 5 rings (SSSR count). The molecule has 4 N–H and O–H groups in total. The Morgan fingerprint density at radius 1 is 1.09 bits per heavy atom. The average molecular weight is 472 g/mol. The van der Waals surface area contributed by atoms with Crippen molar-refractivity contribution in [2.75, 3.05) is 18.9 Å². The third kappa shape index (κ3) is 4.33. The Kier molecular flexibility index (Phi) is 6.13. The standard InChI is InChI=1S/C28H30FN5O/c1-28(25(30)24-20(29)11-6-12-22(24)33-27(28)35)26-31-21-14-13-18(16-23(21)32-26)10-7-15-34(2)17-19-8-4-3-5-9-19/h3-6,8-9,11-14,16,25H,7,10,15,17,30H2,1-2H3,(H,31,32)(H,33,35). The molecule has 1 amide bonds. The van der Waals surface area contributed by atoms with E-state index in [0.717, 1.165) is 37.0 Å². The number of aryl methyl sites for hydroxylation is 1. The maximum absolute atomic E-state index is 14.6. The van der Waals surface area contributed by atoms with Crippen LogP contribution < -0.4 is 11.1 Å². The van der Waals surface area contributed by atoms with Crippen LogP contribution in [-0.4, -0.2) is 34.4 Å². The molecule has 0 radical (unpaired) electrons. The summed E-state index contributed by atoms with van der Waals surface area (Å²) in [6, 6.07) is 20.3. The summed E-state index contributed by atoms with van der Waals surface area (Å²) >= 11 is 0. The molecule has 4 aromatic rings. The van der Waals surface area contributed by atoms with Gasteiger partial charge in [-0.3, -0.25) is 4.79 Å². The van der Waals surface area contributed by atoms with Crippen LogP contribution in [0.1, 0.15) is 41.9 Å². The summed E-state index contributed by atoms with van der Waals surface area (Å²) in [5.74, 6) is -0.299. The number of nitrogens with zero attached hydrogens (tertiary/aromatic N) is 2. The van der Waals surface area contributed by atoms with Gasteiger partial charge in [0.05, 0.1) is 17.1 Å². The predicted molar refractivity (Wildman–Crippen MR) is 137 cm³/mol. The first kappa shape index (κ1) is 23.2. The zero-order chi connectivity index (χ0) is 24.6. The third-order valence-electron chi connectivity index (χ3n) is 7.04. The SMILES string of the molecule is CN(CCCc1ccc2nc(C3(C)C(=O)Nc4cccc(F)c4C3N)[nH]c2c1)Cc1ccccc1. The molecule has 1 aliphatic rings. The fourth-order valence-electron chi connectivity index (χ4n) is 4.88. The monoisotopic (exact) mass is 471 g/mol. The highest BCUT2D eigenvalue weighted by molar-refractivity contribution is 6.02. The minimum absolute atomic E-state index is 0.301. The van der Waals surface area contributed by atoms with Gasteiger partial charge in [0.25, 0.3) is 0 Å². The lowest BCUT2D eigenvalue weighted by Gasteiger charge is -2.37. The fourth-order valence-corrected chi connectivity index (χ4v) is 4.88. The highest BCUT2D eigenvalue weighted by atomic mass is 19.1. The quantitative estimate of drug-likeness (QED) is 0.365. The Balaban J connectivity index is 1.31. The van der Waals surface area contributed by atoms with Crippen LogP contribution in [-0.2, 0) is 23.2 Å². The van der Waals surface area contributed by atoms with Gasteiger partial charge in [0.1, 0.15) is 17.1 Å². The van der Waals surface area contributed by atoms with E-state index in [4.69, 9.17) is 5.73 Å². The Bertz CT molecular complexity index is 1370. The van der Waals surface area contributed by atoms with E-state index in [1.54, 1.807) is 19.1 Å². The first-order chi connectivity index (χ1) is 16.9. The van der Waals surface area contributed by atoms with Gasteiger partial charge in [0.15, 0.2) is 0 Å². The van der Waals surface area contributed by atoms with Gasteiger partial charge in [-0.1, -0.05) is 42.5 Å². The number of fused-ring (bicyclic) bond motifs is 2. The van der Waals surface area contributed by atoms with Gasteiger partial charge in [-0.05, 0) is 68.8 Å². The van der Waals surface area contributed by atoms with Crippen LogP contribution >= 0.6 is 0 Å². The number of hydrogen-bond acceptors (Lipinski definition) is 4. The number of benzene rings is 3. The summed E-state index contributed by atoms with van der Waals surface area (Å²) in [4.78, 5) is 23.4. The second kappa shape index (κ2) is 9.24. The van der Waals surface area contributed by atoms with Crippen molar-refractivity contribution in [3.63, 3.8) is 0 Å². The van der Waals surface area contributed by atoms with Crippen LogP contribution in [0.4, 0.5) is 10.1 Å². The lowest BCUT2D eigenvalue weighted by atomic mass is 9.74. The minimum Gasteiger partial charge on any atom is -0.341 e. The Hall–Kier alpha value is -3.55. The number of amides is 1. The van der Waals surface area contributed by atoms with E-state index in [9.17, 15) is 9.18 Å². The maximum atomic E-state index is 14.6. The molecular formula is C28H30FN5O. The first-order valence-electron chi connectivity index (χ1n) is 11.9. The van der Waals surface area contributed by atoms with E-state index in [-0.39, 0.29) is 5.91 Å². The van der Waals surface area contributed by atoms with Gasteiger partial charge < -0.3 is 20.9 Å². The van der Waals surface area contributed by atoms with E-state index >= 15 is 0 Å². The number of carbonyl (C=O) groups excluding carboxylic acids is 1. The molecule has 2 heterocycles. The van der Waals surface area contributed by atoms with Crippen molar-refractivity contribution in [2.24, 2.45) is 5.73 Å². The van der Waals surface area contributed by atoms with Gasteiger partial charge in [0.2, 0.25) is 5.91 Å². The molecule has 0 aliphatic carbocycles. The van der Waals surface area contributed by atoms with E-state index in [1.807, 2.05) is 12.1 Å². The number of imidazole rings is 1. The van der Waals surface area contributed by atoms with E-state index in [2.05, 4.69) is 63.6 Å².